The van der Waals surface area contributed by atoms with Gasteiger partial charge in [-0.25, -0.2) is 14.1 Å². The minimum absolute atomic E-state index is 0.0929. The molecule has 0 aliphatic rings. The molecule has 0 amide bonds. The Kier molecular flexibility index (Phi) is 5.25. The van der Waals surface area contributed by atoms with E-state index in [1.54, 1.807) is 31.5 Å². The van der Waals surface area contributed by atoms with Gasteiger partial charge in [0.15, 0.2) is 11.6 Å². The number of halogens is 1. The number of fused-ring (bicyclic) bond motifs is 1. The summed E-state index contributed by atoms with van der Waals surface area (Å²) in [5.41, 5.74) is 1.33. The van der Waals surface area contributed by atoms with Crippen molar-refractivity contribution in [1.29, 1.82) is 0 Å². The van der Waals surface area contributed by atoms with Crippen LogP contribution in [0.15, 0.2) is 47.4 Å². The molecule has 0 unspecified atom stereocenters. The average molecular weight is 435 g/mol. The zero-order valence-corrected chi connectivity index (χ0v) is 19.1. The van der Waals surface area contributed by atoms with E-state index < -0.39 is 11.4 Å². The first-order chi connectivity index (χ1) is 15.0. The van der Waals surface area contributed by atoms with Crippen molar-refractivity contribution in [2.45, 2.75) is 46.1 Å². The number of nitrogens with zero attached hydrogens (tertiary/aromatic N) is 4. The second kappa shape index (κ2) is 7.67. The van der Waals surface area contributed by atoms with Gasteiger partial charge in [0.05, 0.1) is 16.6 Å². The van der Waals surface area contributed by atoms with Crippen LogP contribution in [0.4, 0.5) is 4.39 Å². The molecule has 32 heavy (non-hydrogen) atoms. The van der Waals surface area contributed by atoms with Crippen molar-refractivity contribution in [1.82, 2.24) is 19.3 Å². The second-order valence-electron chi connectivity index (χ2n) is 9.02. The summed E-state index contributed by atoms with van der Waals surface area (Å²) in [7, 11) is 1.66. The molecule has 6 nitrogen and oxygen atoms in total. The number of hydrogen-bond donors (Lipinski definition) is 1. The zero-order valence-electron chi connectivity index (χ0n) is 19.1. The molecule has 4 rings (SSSR count). The van der Waals surface area contributed by atoms with Gasteiger partial charge in [0.25, 0.3) is 5.56 Å². The molecule has 0 aliphatic carbocycles. The van der Waals surface area contributed by atoms with Crippen molar-refractivity contribution in [3.8, 4) is 17.1 Å². The number of aromatic nitrogens is 4. The van der Waals surface area contributed by atoms with Gasteiger partial charge in [-0.05, 0) is 61.4 Å². The number of pyridine rings is 1. The highest BCUT2D eigenvalue weighted by Gasteiger charge is 2.25. The highest BCUT2D eigenvalue weighted by atomic mass is 19.1. The minimum atomic E-state index is -1.22. The Labute approximate surface area is 186 Å². The van der Waals surface area contributed by atoms with E-state index in [0.717, 1.165) is 16.8 Å². The zero-order chi connectivity index (χ0) is 23.4. The van der Waals surface area contributed by atoms with Gasteiger partial charge < -0.3 is 5.11 Å². The SMILES string of the molecule is Cc1ccccc1-n1cc(C(C)C)c2cc(-c3nc(C(C)(C)O)n(C)n3)c(F)cc2c1=O. The van der Waals surface area contributed by atoms with Crippen LogP contribution in [0.25, 0.3) is 27.8 Å². The molecule has 0 saturated heterocycles. The number of rotatable bonds is 4. The Balaban J connectivity index is 2.01. The number of benzene rings is 2. The van der Waals surface area contributed by atoms with Crippen LogP contribution in [0.5, 0.6) is 0 Å². The summed E-state index contributed by atoms with van der Waals surface area (Å²) in [4.78, 5) is 17.7. The summed E-state index contributed by atoms with van der Waals surface area (Å²) in [6.45, 7) is 9.22. The highest BCUT2D eigenvalue weighted by molar-refractivity contribution is 5.89. The van der Waals surface area contributed by atoms with Crippen molar-refractivity contribution in [2.24, 2.45) is 7.05 Å². The molecule has 4 aromatic rings. The maximum atomic E-state index is 15.3. The lowest BCUT2D eigenvalue weighted by molar-refractivity contribution is 0.0648. The van der Waals surface area contributed by atoms with Crippen LogP contribution in [0, 0.1) is 12.7 Å². The Hall–Kier alpha value is -3.32. The molecule has 0 radical (unpaired) electrons. The van der Waals surface area contributed by atoms with Crippen LogP contribution in [-0.4, -0.2) is 24.4 Å². The molecule has 2 heterocycles. The summed E-state index contributed by atoms with van der Waals surface area (Å²) >= 11 is 0. The number of aryl methyl sites for hydroxylation is 2. The topological polar surface area (TPSA) is 72.9 Å². The number of hydrogen-bond acceptors (Lipinski definition) is 4. The first kappa shape index (κ1) is 21.9. The molecule has 2 aromatic carbocycles. The van der Waals surface area contributed by atoms with Gasteiger partial charge in [0, 0.05) is 13.2 Å². The van der Waals surface area contributed by atoms with E-state index in [1.807, 2.05) is 51.2 Å². The molecule has 0 atom stereocenters. The molecule has 7 heteroatoms. The van der Waals surface area contributed by atoms with E-state index in [4.69, 9.17) is 0 Å². The Morgan fingerprint density at radius 1 is 1.12 bits per heavy atom. The predicted molar refractivity (Wildman–Crippen MR) is 124 cm³/mol. The monoisotopic (exact) mass is 434 g/mol. The van der Waals surface area contributed by atoms with Gasteiger partial charge in [-0.15, -0.1) is 0 Å². The van der Waals surface area contributed by atoms with E-state index in [0.29, 0.717) is 16.6 Å². The lowest BCUT2D eigenvalue weighted by atomic mass is 9.96. The van der Waals surface area contributed by atoms with Gasteiger partial charge >= 0.3 is 0 Å². The van der Waals surface area contributed by atoms with Gasteiger partial charge in [-0.2, -0.15) is 5.10 Å². The Bertz CT molecular complexity index is 1390. The molecule has 2 aromatic heterocycles. The second-order valence-corrected chi connectivity index (χ2v) is 9.02. The summed E-state index contributed by atoms with van der Waals surface area (Å²) in [5.74, 6) is 0.00269. The molecular formula is C25H27FN4O2. The summed E-state index contributed by atoms with van der Waals surface area (Å²) < 4.78 is 18.3. The molecule has 0 bridgehead atoms. The third kappa shape index (κ3) is 3.62. The van der Waals surface area contributed by atoms with E-state index in [1.165, 1.54) is 10.7 Å². The van der Waals surface area contributed by atoms with Crippen molar-refractivity contribution >= 4 is 10.8 Å². The van der Waals surface area contributed by atoms with Gasteiger partial charge in [0.1, 0.15) is 11.4 Å². The van der Waals surface area contributed by atoms with Crippen molar-refractivity contribution in [3.05, 3.63) is 75.7 Å². The molecular weight excluding hydrogens is 407 g/mol. The van der Waals surface area contributed by atoms with Gasteiger partial charge in [0.2, 0.25) is 0 Å². The third-order valence-electron chi connectivity index (χ3n) is 5.68. The molecule has 1 N–H and O–H groups in total. The molecule has 0 saturated carbocycles. The van der Waals surface area contributed by atoms with Crippen LogP contribution < -0.4 is 5.56 Å². The fourth-order valence-corrected chi connectivity index (χ4v) is 4.06. The maximum Gasteiger partial charge on any atom is 0.263 e. The smallest absolute Gasteiger partial charge is 0.263 e. The Morgan fingerprint density at radius 2 is 1.81 bits per heavy atom. The van der Waals surface area contributed by atoms with E-state index in [9.17, 15) is 9.90 Å². The van der Waals surface area contributed by atoms with Crippen LogP contribution in [0.1, 0.15) is 50.6 Å². The quantitative estimate of drug-likeness (QED) is 0.510. The van der Waals surface area contributed by atoms with Crippen LogP contribution in [-0.2, 0) is 12.6 Å². The van der Waals surface area contributed by atoms with Crippen molar-refractivity contribution in [3.63, 3.8) is 0 Å². The summed E-state index contributed by atoms with van der Waals surface area (Å²) in [6, 6.07) is 10.5. The largest absolute Gasteiger partial charge is 0.382 e. The van der Waals surface area contributed by atoms with Gasteiger partial charge in [-0.3, -0.25) is 9.36 Å². The number of aliphatic hydroxyl groups is 1. The van der Waals surface area contributed by atoms with Crippen molar-refractivity contribution < 1.29 is 9.50 Å². The fourth-order valence-electron chi connectivity index (χ4n) is 4.06. The summed E-state index contributed by atoms with van der Waals surface area (Å²) in [6.07, 6.45) is 1.84. The lowest BCUT2D eigenvalue weighted by Gasteiger charge is -2.17. The molecule has 0 spiro atoms. The van der Waals surface area contributed by atoms with Crippen LogP contribution in [0.3, 0.4) is 0 Å². The molecule has 0 aliphatic heterocycles. The Morgan fingerprint density at radius 3 is 2.41 bits per heavy atom. The summed E-state index contributed by atoms with van der Waals surface area (Å²) in [5, 5.41) is 15.6. The molecule has 0 fully saturated rings. The minimum Gasteiger partial charge on any atom is -0.382 e. The first-order valence-corrected chi connectivity index (χ1v) is 10.6. The fraction of sp³-hybridized carbons (Fsp3) is 0.320. The van der Waals surface area contributed by atoms with Gasteiger partial charge in [-0.1, -0.05) is 32.0 Å². The maximum absolute atomic E-state index is 15.3. The van der Waals surface area contributed by atoms with Crippen LogP contribution in [0.2, 0.25) is 0 Å². The molecule has 166 valence electrons. The highest BCUT2D eigenvalue weighted by Crippen LogP contribution is 2.31. The lowest BCUT2D eigenvalue weighted by Crippen LogP contribution is -2.21. The predicted octanol–water partition coefficient (Wildman–Crippen LogP) is 4.58. The van der Waals surface area contributed by atoms with Crippen molar-refractivity contribution in [2.75, 3.05) is 0 Å². The first-order valence-electron chi connectivity index (χ1n) is 10.6. The normalized spacial score (nSPS) is 12.2. The van der Waals surface area contributed by atoms with Crippen LogP contribution >= 0.6 is 0 Å². The van der Waals surface area contributed by atoms with E-state index in [-0.39, 0.29) is 22.9 Å². The average Bonchev–Trinajstić information content (AvgIpc) is 3.10. The van der Waals surface area contributed by atoms with E-state index >= 15 is 4.39 Å². The van der Waals surface area contributed by atoms with E-state index in [2.05, 4.69) is 10.1 Å². The standard InChI is InChI=1S/C25H27FN4O2/c1-14(2)19-13-30(21-10-8-7-9-15(21)3)23(31)17-12-20(26)18(11-16(17)19)22-27-24(25(4,5)32)29(6)28-22/h7-14,32H,1-6H3. The third-order valence-corrected chi connectivity index (χ3v) is 5.68. The number of para-hydroxylation sites is 1.